The molecule has 17 heavy (non-hydrogen) atoms. The molecule has 2 N–H and O–H groups in total. The number of nitrogens with one attached hydrogen (secondary N) is 1. The molecular weight excluding hydrogens is 236 g/mol. The van der Waals surface area contributed by atoms with Crippen molar-refractivity contribution in [2.45, 2.75) is 6.54 Å². The molecule has 1 aromatic heterocycles. The molecule has 0 saturated heterocycles. The third-order valence-electron chi connectivity index (χ3n) is 2.21. The summed E-state index contributed by atoms with van der Waals surface area (Å²) >= 11 is 1.63. The minimum absolute atomic E-state index is 0.0476. The van der Waals surface area contributed by atoms with Gasteiger partial charge in [-0.05, 0) is 22.4 Å². The molecule has 0 radical (unpaired) electrons. The molecule has 94 valence electrons. The molecule has 1 aromatic rings. The van der Waals surface area contributed by atoms with Crippen LogP contribution in [0.3, 0.4) is 0 Å². The maximum atomic E-state index is 11.5. The molecular formula is C12H18N2O2S. The van der Waals surface area contributed by atoms with Gasteiger partial charge in [-0.3, -0.25) is 9.69 Å². The third kappa shape index (κ3) is 5.63. The Kier molecular flexibility index (Phi) is 6.54. The Morgan fingerprint density at radius 2 is 2.47 bits per heavy atom. The third-order valence-corrected chi connectivity index (χ3v) is 2.95. The number of rotatable bonds is 8. The summed E-state index contributed by atoms with van der Waals surface area (Å²) in [5, 5.41) is 15.7. The summed E-state index contributed by atoms with van der Waals surface area (Å²) in [6.07, 6.45) is 1.65. The Morgan fingerprint density at radius 1 is 1.65 bits per heavy atom. The van der Waals surface area contributed by atoms with Crippen molar-refractivity contribution >= 4 is 17.2 Å². The van der Waals surface area contributed by atoms with E-state index < -0.39 is 0 Å². The summed E-state index contributed by atoms with van der Waals surface area (Å²) in [5.74, 6) is -0.0476. The van der Waals surface area contributed by atoms with Crippen LogP contribution in [0.15, 0.2) is 29.5 Å². The zero-order valence-electron chi connectivity index (χ0n) is 9.76. The van der Waals surface area contributed by atoms with Gasteiger partial charge in [-0.25, -0.2) is 0 Å². The molecule has 1 heterocycles. The van der Waals surface area contributed by atoms with Crippen LogP contribution in [-0.4, -0.2) is 42.2 Å². The number of carbonyl (C=O) groups excluding carboxylic acids is 1. The molecule has 0 aliphatic carbocycles. The molecule has 0 atom stereocenters. The first-order valence-electron chi connectivity index (χ1n) is 5.48. The summed E-state index contributed by atoms with van der Waals surface area (Å²) in [4.78, 5) is 13.5. The summed E-state index contributed by atoms with van der Waals surface area (Å²) in [6.45, 7) is 5.55. The second-order valence-corrected chi connectivity index (χ2v) is 4.44. The van der Waals surface area contributed by atoms with E-state index in [1.165, 1.54) is 5.56 Å². The second-order valence-electron chi connectivity index (χ2n) is 3.66. The van der Waals surface area contributed by atoms with Crippen LogP contribution in [0.1, 0.15) is 5.56 Å². The fourth-order valence-corrected chi connectivity index (χ4v) is 2.10. The van der Waals surface area contributed by atoms with Crippen LogP contribution < -0.4 is 5.32 Å². The van der Waals surface area contributed by atoms with E-state index in [9.17, 15) is 4.79 Å². The second kappa shape index (κ2) is 8.00. The van der Waals surface area contributed by atoms with E-state index in [-0.39, 0.29) is 12.5 Å². The van der Waals surface area contributed by atoms with E-state index in [0.29, 0.717) is 26.2 Å². The highest BCUT2D eigenvalue weighted by atomic mass is 32.1. The van der Waals surface area contributed by atoms with Crippen LogP contribution in [0.4, 0.5) is 0 Å². The quantitative estimate of drug-likeness (QED) is 0.676. The number of aliphatic hydroxyl groups is 1. The van der Waals surface area contributed by atoms with Gasteiger partial charge in [0.15, 0.2) is 0 Å². The average molecular weight is 254 g/mol. The predicted molar refractivity (Wildman–Crippen MR) is 69.9 cm³/mol. The Balaban J connectivity index is 2.42. The van der Waals surface area contributed by atoms with Gasteiger partial charge in [-0.2, -0.15) is 11.3 Å². The van der Waals surface area contributed by atoms with E-state index in [4.69, 9.17) is 5.11 Å². The highest BCUT2D eigenvalue weighted by Gasteiger charge is 2.10. The summed E-state index contributed by atoms with van der Waals surface area (Å²) < 4.78 is 0. The highest BCUT2D eigenvalue weighted by molar-refractivity contribution is 7.07. The lowest BCUT2D eigenvalue weighted by molar-refractivity contribution is -0.122. The molecule has 0 aliphatic rings. The number of amides is 1. The van der Waals surface area contributed by atoms with Crippen molar-refractivity contribution < 1.29 is 9.90 Å². The van der Waals surface area contributed by atoms with Gasteiger partial charge in [-0.1, -0.05) is 6.08 Å². The number of nitrogens with zero attached hydrogens (tertiary/aromatic N) is 1. The van der Waals surface area contributed by atoms with Crippen molar-refractivity contribution in [2.75, 3.05) is 26.2 Å². The molecule has 1 rings (SSSR count). The molecule has 0 fully saturated rings. The van der Waals surface area contributed by atoms with Crippen LogP contribution in [0, 0.1) is 0 Å². The van der Waals surface area contributed by atoms with E-state index in [1.807, 2.05) is 21.7 Å². The summed E-state index contributed by atoms with van der Waals surface area (Å²) in [6, 6.07) is 2.02. The van der Waals surface area contributed by atoms with Crippen molar-refractivity contribution in [1.29, 1.82) is 0 Å². The van der Waals surface area contributed by atoms with Gasteiger partial charge in [0, 0.05) is 19.6 Å². The van der Waals surface area contributed by atoms with Crippen molar-refractivity contribution in [3.05, 3.63) is 35.0 Å². The van der Waals surface area contributed by atoms with E-state index >= 15 is 0 Å². The minimum atomic E-state index is -0.0476. The molecule has 0 unspecified atom stereocenters. The molecule has 1 amide bonds. The molecule has 4 nitrogen and oxygen atoms in total. The fraction of sp³-hybridized carbons (Fsp3) is 0.417. The Hall–Kier alpha value is -1.17. The monoisotopic (exact) mass is 254 g/mol. The molecule has 5 heteroatoms. The lowest BCUT2D eigenvalue weighted by atomic mass is 10.3. The van der Waals surface area contributed by atoms with Gasteiger partial charge in [0.05, 0.1) is 13.2 Å². The first kappa shape index (κ1) is 13.9. The maximum Gasteiger partial charge on any atom is 0.234 e. The normalized spacial score (nSPS) is 10.5. The van der Waals surface area contributed by atoms with Gasteiger partial charge in [0.1, 0.15) is 0 Å². The standard InChI is InChI=1S/C12H18N2O2S/c1-2-4-13-12(16)9-14(5-6-15)8-11-3-7-17-10-11/h2-3,7,10,15H,1,4-6,8-9H2,(H,13,16). The first-order valence-corrected chi connectivity index (χ1v) is 6.42. The highest BCUT2D eigenvalue weighted by Crippen LogP contribution is 2.08. The molecule has 0 aliphatic heterocycles. The summed E-state index contributed by atoms with van der Waals surface area (Å²) in [7, 11) is 0. The Bertz CT molecular complexity index is 338. The molecule has 0 spiro atoms. The predicted octanol–water partition coefficient (Wildman–Crippen LogP) is 0.845. The topological polar surface area (TPSA) is 52.6 Å². The SMILES string of the molecule is C=CCNC(=O)CN(CCO)Cc1ccsc1. The number of hydrogen-bond acceptors (Lipinski definition) is 4. The zero-order chi connectivity index (χ0) is 12.5. The van der Waals surface area contributed by atoms with Crippen LogP contribution in [0.2, 0.25) is 0 Å². The lowest BCUT2D eigenvalue weighted by Crippen LogP contribution is -2.38. The van der Waals surface area contributed by atoms with Gasteiger partial charge >= 0.3 is 0 Å². The van der Waals surface area contributed by atoms with Gasteiger partial charge < -0.3 is 10.4 Å². The lowest BCUT2D eigenvalue weighted by Gasteiger charge is -2.19. The van der Waals surface area contributed by atoms with E-state index in [0.717, 1.165) is 0 Å². The number of aliphatic hydroxyl groups excluding tert-OH is 1. The zero-order valence-corrected chi connectivity index (χ0v) is 10.6. The minimum Gasteiger partial charge on any atom is -0.395 e. The van der Waals surface area contributed by atoms with Crippen molar-refractivity contribution in [2.24, 2.45) is 0 Å². The van der Waals surface area contributed by atoms with Crippen LogP contribution in [0.25, 0.3) is 0 Å². The van der Waals surface area contributed by atoms with Crippen LogP contribution in [0.5, 0.6) is 0 Å². The van der Waals surface area contributed by atoms with Gasteiger partial charge in [0.2, 0.25) is 5.91 Å². The Morgan fingerprint density at radius 3 is 3.06 bits per heavy atom. The maximum absolute atomic E-state index is 11.5. The number of hydrogen-bond donors (Lipinski definition) is 2. The van der Waals surface area contributed by atoms with Crippen LogP contribution >= 0.6 is 11.3 Å². The van der Waals surface area contributed by atoms with Crippen molar-refractivity contribution in [3.8, 4) is 0 Å². The van der Waals surface area contributed by atoms with E-state index in [2.05, 4.69) is 11.9 Å². The Labute approximate surface area is 106 Å². The van der Waals surface area contributed by atoms with Crippen LogP contribution in [-0.2, 0) is 11.3 Å². The van der Waals surface area contributed by atoms with Gasteiger partial charge in [-0.15, -0.1) is 6.58 Å². The molecule has 0 aromatic carbocycles. The fourth-order valence-electron chi connectivity index (χ4n) is 1.44. The first-order chi connectivity index (χ1) is 8.26. The number of thiophene rings is 1. The van der Waals surface area contributed by atoms with Crippen molar-refractivity contribution in [3.63, 3.8) is 0 Å². The smallest absolute Gasteiger partial charge is 0.234 e. The summed E-state index contributed by atoms with van der Waals surface area (Å²) in [5.41, 5.74) is 1.17. The largest absolute Gasteiger partial charge is 0.395 e. The average Bonchev–Trinajstić information content (AvgIpc) is 2.79. The van der Waals surface area contributed by atoms with Crippen molar-refractivity contribution in [1.82, 2.24) is 10.2 Å². The van der Waals surface area contributed by atoms with Gasteiger partial charge in [0.25, 0.3) is 0 Å². The molecule has 0 saturated carbocycles. The van der Waals surface area contributed by atoms with E-state index in [1.54, 1.807) is 17.4 Å². The molecule has 0 bridgehead atoms. The number of carbonyl (C=O) groups is 1.